The Hall–Kier alpha value is -1.65. The molecule has 0 aromatic heterocycles. The fourth-order valence-electron chi connectivity index (χ4n) is 6.24. The van der Waals surface area contributed by atoms with Gasteiger partial charge in [-0.25, -0.2) is 4.39 Å². The molecule has 174 valence electrons. The second-order valence-electron chi connectivity index (χ2n) is 10.7. The van der Waals surface area contributed by atoms with Crippen molar-refractivity contribution in [2.24, 2.45) is 22.7 Å². The Balaban J connectivity index is 1.85. The molecule has 2 bridgehead atoms. The molecular formula is C27H34ClFO3. The predicted molar refractivity (Wildman–Crippen MR) is 126 cm³/mol. The third-order valence-electron chi connectivity index (χ3n) is 8.39. The SMILES string of the molecule is CC(C)[C@]12CC[C@@](C(C)C)(C1)C(C=CC1CC(O)CC(=O)O1)=C(c1ccc(F)c(Cl)c1)C2. The van der Waals surface area contributed by atoms with Crippen molar-refractivity contribution in [2.45, 2.75) is 78.4 Å². The summed E-state index contributed by atoms with van der Waals surface area (Å²) in [5.74, 6) is 0.189. The third-order valence-corrected chi connectivity index (χ3v) is 8.68. The van der Waals surface area contributed by atoms with Crippen LogP contribution in [0.15, 0.2) is 35.9 Å². The highest BCUT2D eigenvalue weighted by Crippen LogP contribution is 2.67. The molecule has 2 fully saturated rings. The fraction of sp³-hybridized carbons (Fsp3) is 0.593. The van der Waals surface area contributed by atoms with Gasteiger partial charge in [0.25, 0.3) is 0 Å². The number of benzene rings is 1. The molecule has 1 N–H and O–H groups in total. The number of fused-ring (bicyclic) bond motifs is 2. The van der Waals surface area contributed by atoms with E-state index in [1.54, 1.807) is 6.07 Å². The minimum Gasteiger partial charge on any atom is -0.458 e. The zero-order valence-electron chi connectivity index (χ0n) is 19.5. The van der Waals surface area contributed by atoms with Gasteiger partial charge in [0, 0.05) is 6.42 Å². The number of esters is 1. The summed E-state index contributed by atoms with van der Waals surface area (Å²) in [4.78, 5) is 11.8. The van der Waals surface area contributed by atoms with Crippen molar-refractivity contribution in [3.05, 3.63) is 52.3 Å². The van der Waals surface area contributed by atoms with E-state index in [-0.39, 0.29) is 28.2 Å². The maximum atomic E-state index is 14.0. The van der Waals surface area contributed by atoms with Crippen LogP contribution >= 0.6 is 11.6 Å². The maximum Gasteiger partial charge on any atom is 0.309 e. The molecule has 32 heavy (non-hydrogen) atoms. The molecule has 1 aromatic carbocycles. The fourth-order valence-corrected chi connectivity index (χ4v) is 6.43. The van der Waals surface area contributed by atoms with Crippen molar-refractivity contribution in [3.8, 4) is 0 Å². The molecule has 4 atom stereocenters. The van der Waals surface area contributed by atoms with E-state index in [4.69, 9.17) is 16.3 Å². The Morgan fingerprint density at radius 3 is 2.59 bits per heavy atom. The van der Waals surface area contributed by atoms with Crippen LogP contribution in [0.25, 0.3) is 5.57 Å². The number of ether oxygens (including phenoxy) is 1. The van der Waals surface area contributed by atoms with Gasteiger partial charge in [-0.05, 0) is 83.3 Å². The normalized spacial score (nSPS) is 33.0. The molecule has 1 heterocycles. The summed E-state index contributed by atoms with van der Waals surface area (Å²) in [5, 5.41) is 10.2. The molecule has 1 aromatic rings. The molecule has 4 rings (SSSR count). The largest absolute Gasteiger partial charge is 0.458 e. The summed E-state index contributed by atoms with van der Waals surface area (Å²) in [6, 6.07) is 5.03. The number of hydrogen-bond acceptors (Lipinski definition) is 3. The van der Waals surface area contributed by atoms with Crippen LogP contribution in [-0.2, 0) is 9.53 Å². The maximum absolute atomic E-state index is 14.0. The van der Waals surface area contributed by atoms with E-state index in [1.807, 2.05) is 12.1 Å². The smallest absolute Gasteiger partial charge is 0.309 e. The van der Waals surface area contributed by atoms with E-state index in [2.05, 4.69) is 33.8 Å². The van der Waals surface area contributed by atoms with Crippen LogP contribution in [0.3, 0.4) is 0 Å². The third kappa shape index (κ3) is 4.05. The summed E-state index contributed by atoms with van der Waals surface area (Å²) < 4.78 is 19.4. The van der Waals surface area contributed by atoms with E-state index in [9.17, 15) is 14.3 Å². The standard InChI is InChI=1S/C27H34ClFO3/c1-16(2)26-9-10-27(15-26,17(3)4)22(7-6-20-12-19(30)13-25(31)32-20)21(14-26)18-5-8-24(29)23(28)11-18/h5-8,11,16-17,19-20,30H,9-10,12-15H2,1-4H3/t19?,20?,26-,27-/m0/s1. The van der Waals surface area contributed by atoms with Crippen LogP contribution in [0.1, 0.15) is 71.8 Å². The van der Waals surface area contributed by atoms with E-state index in [0.717, 1.165) is 31.2 Å². The van der Waals surface area contributed by atoms with Crippen LogP contribution in [-0.4, -0.2) is 23.3 Å². The van der Waals surface area contributed by atoms with Gasteiger partial charge in [0.1, 0.15) is 11.9 Å². The first-order valence-electron chi connectivity index (χ1n) is 11.8. The second-order valence-corrected chi connectivity index (χ2v) is 11.1. The summed E-state index contributed by atoms with van der Waals surface area (Å²) in [6.45, 7) is 9.20. The van der Waals surface area contributed by atoms with Crippen molar-refractivity contribution in [1.29, 1.82) is 0 Å². The molecule has 5 heteroatoms. The number of aliphatic hydroxyl groups excluding tert-OH is 1. The second kappa shape index (κ2) is 8.61. The van der Waals surface area contributed by atoms with Gasteiger partial charge in [-0.3, -0.25) is 4.79 Å². The number of rotatable bonds is 5. The Morgan fingerprint density at radius 2 is 1.97 bits per heavy atom. The highest BCUT2D eigenvalue weighted by Gasteiger charge is 2.56. The highest BCUT2D eigenvalue weighted by atomic mass is 35.5. The average Bonchev–Trinajstić information content (AvgIpc) is 3.05. The Labute approximate surface area is 195 Å². The Bertz CT molecular complexity index is 966. The first-order valence-corrected chi connectivity index (χ1v) is 12.2. The zero-order chi connectivity index (χ0) is 23.3. The minimum absolute atomic E-state index is 0.00646. The van der Waals surface area contributed by atoms with Crippen LogP contribution in [0.2, 0.25) is 5.02 Å². The van der Waals surface area contributed by atoms with Crippen LogP contribution in [0.4, 0.5) is 4.39 Å². The number of carbonyl (C=O) groups excluding carboxylic acids is 1. The van der Waals surface area contributed by atoms with Crippen molar-refractivity contribution >= 4 is 23.1 Å². The van der Waals surface area contributed by atoms with Gasteiger partial charge in [-0.1, -0.05) is 51.4 Å². The van der Waals surface area contributed by atoms with Crippen molar-refractivity contribution in [2.75, 3.05) is 0 Å². The van der Waals surface area contributed by atoms with Gasteiger partial charge in [0.15, 0.2) is 0 Å². The van der Waals surface area contributed by atoms with E-state index in [1.165, 1.54) is 17.2 Å². The molecule has 0 spiro atoms. The summed E-state index contributed by atoms with van der Waals surface area (Å²) in [5.41, 5.74) is 3.66. The highest BCUT2D eigenvalue weighted by molar-refractivity contribution is 6.30. The lowest BCUT2D eigenvalue weighted by Crippen LogP contribution is -2.36. The molecule has 3 nitrogen and oxygen atoms in total. The molecule has 3 aliphatic rings. The monoisotopic (exact) mass is 460 g/mol. The van der Waals surface area contributed by atoms with Crippen molar-refractivity contribution < 1.29 is 19.0 Å². The number of hydrogen-bond donors (Lipinski definition) is 1. The summed E-state index contributed by atoms with van der Waals surface area (Å²) >= 11 is 6.19. The van der Waals surface area contributed by atoms with Gasteiger partial charge >= 0.3 is 5.97 Å². The van der Waals surface area contributed by atoms with Crippen molar-refractivity contribution in [1.82, 2.24) is 0 Å². The number of carbonyl (C=O) groups is 1. The van der Waals surface area contributed by atoms with Crippen LogP contribution < -0.4 is 0 Å². The zero-order valence-corrected chi connectivity index (χ0v) is 20.2. The first kappa shape index (κ1) is 23.5. The number of allylic oxidation sites excluding steroid dienone is 3. The lowest BCUT2D eigenvalue weighted by atomic mass is 9.58. The number of cyclic esters (lactones) is 1. The van der Waals surface area contributed by atoms with Crippen LogP contribution in [0, 0.1) is 28.5 Å². The average molecular weight is 461 g/mol. The molecule has 2 unspecified atom stereocenters. The number of halogens is 2. The Kier molecular flexibility index (Phi) is 6.32. The van der Waals surface area contributed by atoms with Gasteiger partial charge < -0.3 is 9.84 Å². The minimum atomic E-state index is -0.666. The number of aliphatic hydroxyl groups is 1. The predicted octanol–water partition coefficient (Wildman–Crippen LogP) is 6.73. The van der Waals surface area contributed by atoms with E-state index >= 15 is 0 Å². The Morgan fingerprint density at radius 1 is 1.22 bits per heavy atom. The quantitative estimate of drug-likeness (QED) is 0.495. The molecular weight excluding hydrogens is 427 g/mol. The van der Waals surface area contributed by atoms with Crippen molar-refractivity contribution in [3.63, 3.8) is 0 Å². The topological polar surface area (TPSA) is 46.5 Å². The van der Waals surface area contributed by atoms with Crippen LogP contribution in [0.5, 0.6) is 0 Å². The molecule has 1 aliphatic heterocycles. The first-order chi connectivity index (χ1) is 15.1. The van der Waals surface area contributed by atoms with Gasteiger partial charge in [-0.2, -0.15) is 0 Å². The van der Waals surface area contributed by atoms with Gasteiger partial charge in [0.2, 0.25) is 0 Å². The molecule has 1 saturated carbocycles. The van der Waals surface area contributed by atoms with Gasteiger partial charge in [0.05, 0.1) is 17.5 Å². The molecule has 0 amide bonds. The summed E-state index contributed by atoms with van der Waals surface area (Å²) in [7, 11) is 0. The summed E-state index contributed by atoms with van der Waals surface area (Å²) in [6.07, 6.45) is 7.75. The lowest BCUT2D eigenvalue weighted by Gasteiger charge is -2.46. The molecule has 0 radical (unpaired) electrons. The molecule has 2 aliphatic carbocycles. The lowest BCUT2D eigenvalue weighted by molar-refractivity contribution is -0.156. The molecule has 1 saturated heterocycles. The van der Waals surface area contributed by atoms with Gasteiger partial charge in [-0.15, -0.1) is 0 Å². The van der Waals surface area contributed by atoms with E-state index in [0.29, 0.717) is 18.3 Å². The van der Waals surface area contributed by atoms with E-state index < -0.39 is 18.0 Å².